The molecule has 3 rings (SSSR count). The van der Waals surface area contributed by atoms with Crippen molar-refractivity contribution in [2.75, 3.05) is 26.5 Å². The monoisotopic (exact) mass is 273 g/mol. The Morgan fingerprint density at radius 1 is 1.20 bits per heavy atom. The Bertz CT molecular complexity index is 443. The quantitative estimate of drug-likeness (QED) is 0.910. The third-order valence-corrected chi connectivity index (χ3v) is 4.89. The first-order valence-corrected chi connectivity index (χ1v) is 7.84. The Morgan fingerprint density at radius 3 is 2.55 bits per heavy atom. The second-order valence-corrected chi connectivity index (χ2v) is 6.80. The average Bonchev–Trinajstić information content (AvgIpc) is 2.61. The van der Waals surface area contributed by atoms with Gasteiger partial charge in [0.15, 0.2) is 0 Å². The van der Waals surface area contributed by atoms with Crippen LogP contribution >= 0.6 is 0 Å². The molecule has 0 amide bonds. The highest BCUT2D eigenvalue weighted by molar-refractivity contribution is 5.46. The van der Waals surface area contributed by atoms with Crippen LogP contribution in [-0.4, -0.2) is 49.1 Å². The van der Waals surface area contributed by atoms with E-state index in [2.05, 4.69) is 60.5 Å². The zero-order valence-corrected chi connectivity index (χ0v) is 13.0. The summed E-state index contributed by atoms with van der Waals surface area (Å²) in [6.45, 7) is 1.01. The van der Waals surface area contributed by atoms with Gasteiger partial charge >= 0.3 is 0 Å². The van der Waals surface area contributed by atoms with Crippen LogP contribution < -0.4 is 5.32 Å². The van der Waals surface area contributed by atoms with Crippen molar-refractivity contribution in [3.05, 3.63) is 29.8 Å². The molecule has 2 bridgehead atoms. The molecule has 2 heterocycles. The highest BCUT2D eigenvalue weighted by atomic mass is 15.2. The lowest BCUT2D eigenvalue weighted by Crippen LogP contribution is -2.44. The molecule has 0 spiro atoms. The van der Waals surface area contributed by atoms with Gasteiger partial charge in [-0.3, -0.25) is 0 Å². The molecule has 0 aliphatic carbocycles. The SMILES string of the molecule is CN(C)Cc1cccc(NC2CC3CCC(C2)N3C)c1. The average molecular weight is 273 g/mol. The van der Waals surface area contributed by atoms with Crippen molar-refractivity contribution < 1.29 is 0 Å². The molecule has 2 atom stereocenters. The first-order valence-electron chi connectivity index (χ1n) is 7.84. The summed E-state index contributed by atoms with van der Waals surface area (Å²) in [4.78, 5) is 4.82. The van der Waals surface area contributed by atoms with E-state index in [0.717, 1.165) is 18.6 Å². The minimum atomic E-state index is 0.651. The minimum absolute atomic E-state index is 0.651. The Hall–Kier alpha value is -1.06. The molecule has 3 heteroatoms. The number of piperidine rings is 1. The van der Waals surface area contributed by atoms with E-state index in [1.54, 1.807) is 0 Å². The molecule has 0 radical (unpaired) electrons. The van der Waals surface area contributed by atoms with Gasteiger partial charge in [0.25, 0.3) is 0 Å². The van der Waals surface area contributed by atoms with Crippen molar-refractivity contribution in [3.63, 3.8) is 0 Å². The third-order valence-electron chi connectivity index (χ3n) is 4.89. The fourth-order valence-electron chi connectivity index (χ4n) is 3.89. The number of rotatable bonds is 4. The first-order chi connectivity index (χ1) is 9.61. The molecule has 1 N–H and O–H groups in total. The lowest BCUT2D eigenvalue weighted by Gasteiger charge is -2.37. The summed E-state index contributed by atoms with van der Waals surface area (Å²) in [7, 11) is 6.54. The molecule has 1 aromatic rings. The summed E-state index contributed by atoms with van der Waals surface area (Å²) in [6.07, 6.45) is 5.37. The Balaban J connectivity index is 1.63. The molecule has 3 nitrogen and oxygen atoms in total. The molecular formula is C17H27N3. The Morgan fingerprint density at radius 2 is 1.90 bits per heavy atom. The van der Waals surface area contributed by atoms with Crippen LogP contribution in [0.25, 0.3) is 0 Å². The zero-order valence-electron chi connectivity index (χ0n) is 13.0. The van der Waals surface area contributed by atoms with Crippen molar-refractivity contribution in [1.82, 2.24) is 9.80 Å². The molecule has 2 fully saturated rings. The molecule has 2 aliphatic rings. The highest BCUT2D eigenvalue weighted by Gasteiger charge is 2.38. The summed E-state index contributed by atoms with van der Waals surface area (Å²) in [6, 6.07) is 11.2. The molecule has 1 aromatic carbocycles. The predicted octanol–water partition coefficient (Wildman–Crippen LogP) is 2.79. The van der Waals surface area contributed by atoms with Crippen molar-refractivity contribution in [3.8, 4) is 0 Å². The van der Waals surface area contributed by atoms with E-state index in [4.69, 9.17) is 0 Å². The maximum atomic E-state index is 3.77. The van der Waals surface area contributed by atoms with Gasteiger partial charge in [0.2, 0.25) is 0 Å². The van der Waals surface area contributed by atoms with Gasteiger partial charge in [0.05, 0.1) is 0 Å². The molecule has 2 aliphatic heterocycles. The number of hydrogen-bond donors (Lipinski definition) is 1. The third kappa shape index (κ3) is 2.99. The van der Waals surface area contributed by atoms with Crippen LogP contribution in [0.2, 0.25) is 0 Å². The molecule has 0 aromatic heterocycles. The van der Waals surface area contributed by atoms with E-state index < -0.39 is 0 Å². The molecule has 20 heavy (non-hydrogen) atoms. The maximum Gasteiger partial charge on any atom is 0.0345 e. The van der Waals surface area contributed by atoms with Crippen LogP contribution in [0, 0.1) is 0 Å². The van der Waals surface area contributed by atoms with Gasteiger partial charge in [-0.25, -0.2) is 0 Å². The highest BCUT2D eigenvalue weighted by Crippen LogP contribution is 2.35. The van der Waals surface area contributed by atoms with Crippen LogP contribution in [0.5, 0.6) is 0 Å². The van der Waals surface area contributed by atoms with E-state index in [0.29, 0.717) is 6.04 Å². The van der Waals surface area contributed by atoms with Crippen molar-refractivity contribution >= 4 is 5.69 Å². The lowest BCUT2D eigenvalue weighted by atomic mass is 9.97. The number of anilines is 1. The van der Waals surface area contributed by atoms with E-state index in [-0.39, 0.29) is 0 Å². The van der Waals surface area contributed by atoms with E-state index in [9.17, 15) is 0 Å². The molecule has 2 saturated heterocycles. The van der Waals surface area contributed by atoms with Crippen LogP contribution in [-0.2, 0) is 6.54 Å². The number of nitrogens with one attached hydrogen (secondary N) is 1. The summed E-state index contributed by atoms with van der Waals surface area (Å²) < 4.78 is 0. The van der Waals surface area contributed by atoms with Gasteiger partial charge in [-0.1, -0.05) is 12.1 Å². The van der Waals surface area contributed by atoms with Crippen molar-refractivity contribution in [2.45, 2.75) is 50.4 Å². The van der Waals surface area contributed by atoms with Gasteiger partial charge in [-0.15, -0.1) is 0 Å². The second-order valence-electron chi connectivity index (χ2n) is 6.80. The van der Waals surface area contributed by atoms with Crippen molar-refractivity contribution in [1.29, 1.82) is 0 Å². The van der Waals surface area contributed by atoms with E-state index in [1.807, 2.05) is 0 Å². The largest absolute Gasteiger partial charge is 0.382 e. The summed E-state index contributed by atoms with van der Waals surface area (Å²) in [5.41, 5.74) is 2.68. The van der Waals surface area contributed by atoms with Crippen LogP contribution in [0.15, 0.2) is 24.3 Å². The fraction of sp³-hybridized carbons (Fsp3) is 0.647. The first kappa shape index (κ1) is 13.9. The normalized spacial score (nSPS) is 29.9. The molecule has 0 saturated carbocycles. The number of hydrogen-bond acceptors (Lipinski definition) is 3. The predicted molar refractivity (Wildman–Crippen MR) is 85.1 cm³/mol. The smallest absolute Gasteiger partial charge is 0.0345 e. The van der Waals surface area contributed by atoms with Crippen LogP contribution in [0.3, 0.4) is 0 Å². The van der Waals surface area contributed by atoms with Gasteiger partial charge in [-0.05, 0) is 64.5 Å². The topological polar surface area (TPSA) is 18.5 Å². The molecule has 110 valence electrons. The van der Waals surface area contributed by atoms with E-state index >= 15 is 0 Å². The summed E-state index contributed by atoms with van der Waals surface area (Å²) in [5, 5.41) is 3.77. The Kier molecular flexibility index (Phi) is 3.99. The maximum absolute atomic E-state index is 3.77. The number of fused-ring (bicyclic) bond motifs is 2. The van der Waals surface area contributed by atoms with E-state index in [1.165, 1.54) is 36.9 Å². The Labute approximate surface area is 123 Å². The zero-order chi connectivity index (χ0) is 14.1. The van der Waals surface area contributed by atoms with Crippen molar-refractivity contribution in [2.24, 2.45) is 0 Å². The van der Waals surface area contributed by atoms with Crippen LogP contribution in [0.4, 0.5) is 5.69 Å². The van der Waals surface area contributed by atoms with Gasteiger partial charge in [0.1, 0.15) is 0 Å². The minimum Gasteiger partial charge on any atom is -0.382 e. The standard InChI is InChI=1S/C17H27N3/c1-19(2)12-13-5-4-6-14(9-13)18-15-10-16-7-8-17(11-15)20(16)3/h4-6,9,15-18H,7-8,10-12H2,1-3H3. The fourth-order valence-corrected chi connectivity index (χ4v) is 3.89. The molecule has 2 unspecified atom stereocenters. The van der Waals surface area contributed by atoms with Crippen LogP contribution in [0.1, 0.15) is 31.2 Å². The van der Waals surface area contributed by atoms with Gasteiger partial charge in [-0.2, -0.15) is 0 Å². The molecular weight excluding hydrogens is 246 g/mol. The number of benzene rings is 1. The van der Waals surface area contributed by atoms with Gasteiger partial charge < -0.3 is 15.1 Å². The summed E-state index contributed by atoms with van der Waals surface area (Å²) >= 11 is 0. The summed E-state index contributed by atoms with van der Waals surface area (Å²) in [5.74, 6) is 0. The number of nitrogens with zero attached hydrogens (tertiary/aromatic N) is 2. The second kappa shape index (κ2) is 5.74. The lowest BCUT2D eigenvalue weighted by molar-refractivity contribution is 0.169. The van der Waals surface area contributed by atoms with Gasteiger partial charge in [0, 0.05) is 30.4 Å².